The third-order valence-electron chi connectivity index (χ3n) is 3.51. The minimum Gasteiger partial charge on any atom is -0.504 e. The van der Waals surface area contributed by atoms with Crippen molar-refractivity contribution in [3.8, 4) is 17.0 Å². The second kappa shape index (κ2) is 4.37. The van der Waals surface area contributed by atoms with E-state index in [2.05, 4.69) is 50.0 Å². The highest BCUT2D eigenvalue weighted by atomic mass is 16.3. The lowest BCUT2D eigenvalue weighted by atomic mass is 9.86. The molecule has 0 fully saturated rings. The first-order valence-electron chi connectivity index (χ1n) is 6.73. The van der Waals surface area contributed by atoms with Gasteiger partial charge >= 0.3 is 0 Å². The highest BCUT2D eigenvalue weighted by molar-refractivity contribution is 5.66. The van der Waals surface area contributed by atoms with Crippen LogP contribution in [0, 0.1) is 0 Å². The number of nitrogens with zero attached hydrogens (tertiary/aromatic N) is 2. The SMILES string of the molecule is CC(C)(C)c1ccc(-c2cn3cccc(O)c3n2)cc1. The summed E-state index contributed by atoms with van der Waals surface area (Å²) in [7, 11) is 0. The molecule has 3 rings (SSSR count). The Labute approximate surface area is 118 Å². The molecule has 3 nitrogen and oxygen atoms in total. The van der Waals surface area contributed by atoms with E-state index in [4.69, 9.17) is 0 Å². The summed E-state index contributed by atoms with van der Waals surface area (Å²) in [6.07, 6.45) is 3.82. The van der Waals surface area contributed by atoms with Gasteiger partial charge in [-0.25, -0.2) is 4.98 Å². The van der Waals surface area contributed by atoms with E-state index in [1.807, 2.05) is 16.8 Å². The maximum Gasteiger partial charge on any atom is 0.180 e. The molecule has 20 heavy (non-hydrogen) atoms. The van der Waals surface area contributed by atoms with Gasteiger partial charge in [-0.3, -0.25) is 0 Å². The lowest BCUT2D eigenvalue weighted by molar-refractivity contribution is 0.477. The maximum atomic E-state index is 9.80. The van der Waals surface area contributed by atoms with Crippen molar-refractivity contribution in [1.82, 2.24) is 9.38 Å². The van der Waals surface area contributed by atoms with Crippen LogP contribution in [-0.4, -0.2) is 14.5 Å². The molecule has 0 spiro atoms. The van der Waals surface area contributed by atoms with Gasteiger partial charge in [-0.15, -0.1) is 0 Å². The van der Waals surface area contributed by atoms with Crippen molar-refractivity contribution in [2.45, 2.75) is 26.2 Å². The van der Waals surface area contributed by atoms with Crippen LogP contribution in [0.25, 0.3) is 16.9 Å². The summed E-state index contributed by atoms with van der Waals surface area (Å²) in [6.45, 7) is 6.60. The number of hydrogen-bond donors (Lipinski definition) is 1. The molecule has 0 amide bonds. The van der Waals surface area contributed by atoms with Crippen molar-refractivity contribution in [3.63, 3.8) is 0 Å². The van der Waals surface area contributed by atoms with Crippen molar-refractivity contribution < 1.29 is 5.11 Å². The number of aromatic hydroxyl groups is 1. The number of rotatable bonds is 1. The fourth-order valence-electron chi connectivity index (χ4n) is 2.28. The first-order valence-corrected chi connectivity index (χ1v) is 6.73. The molecule has 0 saturated carbocycles. The van der Waals surface area contributed by atoms with E-state index in [0.29, 0.717) is 5.65 Å². The van der Waals surface area contributed by atoms with Crippen LogP contribution in [0.1, 0.15) is 26.3 Å². The Kier molecular flexibility index (Phi) is 2.78. The molecule has 0 aliphatic heterocycles. The average molecular weight is 266 g/mol. The molecular weight excluding hydrogens is 248 g/mol. The van der Waals surface area contributed by atoms with Crippen molar-refractivity contribution >= 4 is 5.65 Å². The first-order chi connectivity index (χ1) is 9.45. The fourth-order valence-corrected chi connectivity index (χ4v) is 2.28. The molecular formula is C17H18N2O. The number of hydrogen-bond acceptors (Lipinski definition) is 2. The number of pyridine rings is 1. The fraction of sp³-hybridized carbons (Fsp3) is 0.235. The summed E-state index contributed by atoms with van der Waals surface area (Å²) in [5.74, 6) is 0.199. The van der Waals surface area contributed by atoms with Gasteiger partial charge in [-0.2, -0.15) is 0 Å². The molecule has 0 saturated heterocycles. The number of benzene rings is 1. The van der Waals surface area contributed by atoms with Crippen LogP contribution in [0.4, 0.5) is 0 Å². The summed E-state index contributed by atoms with van der Waals surface area (Å²) in [6, 6.07) is 11.9. The van der Waals surface area contributed by atoms with Gasteiger partial charge in [-0.1, -0.05) is 45.0 Å². The predicted octanol–water partition coefficient (Wildman–Crippen LogP) is 4.00. The summed E-state index contributed by atoms with van der Waals surface area (Å²) >= 11 is 0. The van der Waals surface area contributed by atoms with E-state index < -0.39 is 0 Å². The molecule has 102 valence electrons. The Morgan fingerprint density at radius 2 is 1.75 bits per heavy atom. The second-order valence-electron chi connectivity index (χ2n) is 6.08. The molecule has 3 heteroatoms. The normalized spacial score (nSPS) is 11.9. The van der Waals surface area contributed by atoms with Gasteiger partial charge in [0.25, 0.3) is 0 Å². The average Bonchev–Trinajstić information content (AvgIpc) is 2.83. The zero-order valence-electron chi connectivity index (χ0n) is 12.0. The monoisotopic (exact) mass is 266 g/mol. The highest BCUT2D eigenvalue weighted by Crippen LogP contribution is 2.27. The van der Waals surface area contributed by atoms with Gasteiger partial charge in [0.15, 0.2) is 11.4 Å². The molecule has 3 aromatic rings. The summed E-state index contributed by atoms with van der Waals surface area (Å²) < 4.78 is 1.84. The number of imidazole rings is 1. The van der Waals surface area contributed by atoms with Crippen LogP contribution in [-0.2, 0) is 5.41 Å². The van der Waals surface area contributed by atoms with Crippen LogP contribution in [0.2, 0.25) is 0 Å². The van der Waals surface area contributed by atoms with Crippen LogP contribution in [0.3, 0.4) is 0 Å². The van der Waals surface area contributed by atoms with E-state index in [0.717, 1.165) is 11.3 Å². The third kappa shape index (κ3) is 2.16. The quantitative estimate of drug-likeness (QED) is 0.722. The molecule has 2 heterocycles. The lowest BCUT2D eigenvalue weighted by Crippen LogP contribution is -2.10. The maximum absolute atomic E-state index is 9.80. The van der Waals surface area contributed by atoms with E-state index >= 15 is 0 Å². The molecule has 0 aliphatic carbocycles. The van der Waals surface area contributed by atoms with Crippen molar-refractivity contribution in [3.05, 3.63) is 54.4 Å². The lowest BCUT2D eigenvalue weighted by Gasteiger charge is -2.18. The number of fused-ring (bicyclic) bond motifs is 1. The first kappa shape index (κ1) is 12.7. The van der Waals surface area contributed by atoms with Gasteiger partial charge in [0.2, 0.25) is 0 Å². The summed E-state index contributed by atoms with van der Waals surface area (Å²) in [4.78, 5) is 4.49. The molecule has 0 bridgehead atoms. The Bertz CT molecular complexity index is 749. The van der Waals surface area contributed by atoms with E-state index in [-0.39, 0.29) is 11.2 Å². The molecule has 0 unspecified atom stereocenters. The predicted molar refractivity (Wildman–Crippen MR) is 81.0 cm³/mol. The van der Waals surface area contributed by atoms with Crippen molar-refractivity contribution in [1.29, 1.82) is 0 Å². The smallest absolute Gasteiger partial charge is 0.180 e. The zero-order valence-corrected chi connectivity index (χ0v) is 12.0. The molecule has 1 aromatic carbocycles. The minimum absolute atomic E-state index is 0.149. The Balaban J connectivity index is 2.05. The number of aromatic nitrogens is 2. The molecule has 2 aromatic heterocycles. The van der Waals surface area contributed by atoms with Gasteiger partial charge in [0.1, 0.15) is 0 Å². The minimum atomic E-state index is 0.149. The Hall–Kier alpha value is -2.29. The van der Waals surface area contributed by atoms with Crippen molar-refractivity contribution in [2.75, 3.05) is 0 Å². The zero-order chi connectivity index (χ0) is 14.3. The summed E-state index contributed by atoms with van der Waals surface area (Å²) in [5.41, 5.74) is 3.96. The van der Waals surface area contributed by atoms with Crippen LogP contribution in [0.15, 0.2) is 48.8 Å². The topological polar surface area (TPSA) is 37.5 Å². The summed E-state index contributed by atoms with van der Waals surface area (Å²) in [5, 5.41) is 9.80. The van der Waals surface area contributed by atoms with E-state index in [9.17, 15) is 5.11 Å². The van der Waals surface area contributed by atoms with Crippen molar-refractivity contribution in [2.24, 2.45) is 0 Å². The van der Waals surface area contributed by atoms with Crippen LogP contribution >= 0.6 is 0 Å². The van der Waals surface area contributed by atoms with Crippen LogP contribution < -0.4 is 0 Å². The largest absolute Gasteiger partial charge is 0.504 e. The van der Waals surface area contributed by atoms with Gasteiger partial charge in [-0.05, 0) is 23.1 Å². The Morgan fingerprint density at radius 3 is 2.35 bits per heavy atom. The molecule has 0 aliphatic rings. The van der Waals surface area contributed by atoms with Crippen LogP contribution in [0.5, 0.6) is 5.75 Å². The molecule has 0 radical (unpaired) electrons. The van der Waals surface area contributed by atoms with Gasteiger partial charge < -0.3 is 9.51 Å². The highest BCUT2D eigenvalue weighted by Gasteiger charge is 2.14. The van der Waals surface area contributed by atoms with Gasteiger partial charge in [0, 0.05) is 18.0 Å². The third-order valence-corrected chi connectivity index (χ3v) is 3.51. The standard InChI is InChI=1S/C17H18N2O/c1-17(2,3)13-8-6-12(7-9-13)14-11-19-10-4-5-15(20)16(19)18-14/h4-11,20H,1-3H3. The van der Waals surface area contributed by atoms with E-state index in [1.54, 1.807) is 12.1 Å². The molecule has 0 atom stereocenters. The van der Waals surface area contributed by atoms with E-state index in [1.165, 1.54) is 5.56 Å². The Morgan fingerprint density at radius 1 is 1.05 bits per heavy atom. The molecule has 1 N–H and O–H groups in total. The van der Waals surface area contributed by atoms with Gasteiger partial charge in [0.05, 0.1) is 5.69 Å². The second-order valence-corrected chi connectivity index (χ2v) is 6.08.